The Morgan fingerprint density at radius 1 is 1.09 bits per heavy atom. The number of rotatable bonds is 1. The number of hydrogen-bond donors (Lipinski definition) is 0. The van der Waals surface area contributed by atoms with E-state index in [4.69, 9.17) is 4.98 Å². The fraction of sp³-hybridized carbons (Fsp3) is 0.647. The van der Waals surface area contributed by atoms with Gasteiger partial charge >= 0.3 is 0 Å². The van der Waals surface area contributed by atoms with Gasteiger partial charge in [-0.15, -0.1) is 11.3 Å². The first-order valence-electron chi connectivity index (χ1n) is 8.44. The van der Waals surface area contributed by atoms with Gasteiger partial charge in [0.25, 0.3) is 0 Å². The van der Waals surface area contributed by atoms with Gasteiger partial charge in [-0.3, -0.25) is 4.90 Å². The van der Waals surface area contributed by atoms with Crippen molar-refractivity contribution in [2.24, 2.45) is 0 Å². The fourth-order valence-corrected chi connectivity index (χ4v) is 4.81. The van der Waals surface area contributed by atoms with Gasteiger partial charge in [0.05, 0.1) is 5.39 Å². The molecule has 0 amide bonds. The van der Waals surface area contributed by atoms with Crippen molar-refractivity contribution in [2.75, 3.05) is 51.7 Å². The molecule has 4 rings (SSSR count). The van der Waals surface area contributed by atoms with Gasteiger partial charge in [0, 0.05) is 25.2 Å². The van der Waals surface area contributed by atoms with Crippen LogP contribution in [-0.2, 0) is 0 Å². The molecule has 2 aromatic rings. The van der Waals surface area contributed by atoms with Crippen molar-refractivity contribution >= 4 is 27.4 Å². The Hall–Kier alpha value is -1.24. The second-order valence-electron chi connectivity index (χ2n) is 7.10. The number of thiophene rings is 1. The summed E-state index contributed by atoms with van der Waals surface area (Å²) in [7, 11) is 4.53. The molecule has 2 aliphatic heterocycles. The summed E-state index contributed by atoms with van der Waals surface area (Å²) in [6, 6.07) is 2.18. The second kappa shape index (κ2) is 5.69. The van der Waals surface area contributed by atoms with Gasteiger partial charge in [-0.05, 0) is 58.4 Å². The summed E-state index contributed by atoms with van der Waals surface area (Å²) in [6.07, 6.45) is 2.49. The summed E-state index contributed by atoms with van der Waals surface area (Å²) in [6.45, 7) is 7.63. The minimum atomic E-state index is 0.298. The van der Waals surface area contributed by atoms with E-state index in [-0.39, 0.29) is 0 Å². The number of nitrogens with zero attached hydrogens (tertiary/aromatic N) is 5. The third-order valence-electron chi connectivity index (χ3n) is 5.63. The van der Waals surface area contributed by atoms with E-state index < -0.39 is 0 Å². The van der Waals surface area contributed by atoms with E-state index in [1.165, 1.54) is 31.3 Å². The Morgan fingerprint density at radius 2 is 1.87 bits per heavy atom. The number of likely N-dealkylation sites (N-methyl/N-ethyl adjacent to an activating group) is 1. The van der Waals surface area contributed by atoms with Crippen LogP contribution in [0.5, 0.6) is 0 Å². The molecule has 0 N–H and O–H groups in total. The molecular formula is C17H25N5S. The molecule has 2 fully saturated rings. The maximum atomic E-state index is 4.81. The SMILES string of the molecule is Cc1nc(N2CCN(C)C3(CCN(C)CC3)C2)c2ccsc2n1. The number of aromatic nitrogens is 2. The zero-order valence-corrected chi connectivity index (χ0v) is 15.1. The highest BCUT2D eigenvalue weighted by Crippen LogP contribution is 2.35. The first kappa shape index (κ1) is 15.3. The number of fused-ring (bicyclic) bond motifs is 1. The molecule has 0 bridgehead atoms. The molecule has 23 heavy (non-hydrogen) atoms. The number of piperazine rings is 1. The number of piperidine rings is 1. The van der Waals surface area contributed by atoms with Crippen molar-refractivity contribution in [1.82, 2.24) is 19.8 Å². The van der Waals surface area contributed by atoms with Crippen LogP contribution in [0.2, 0.25) is 0 Å². The summed E-state index contributed by atoms with van der Waals surface area (Å²) < 4.78 is 0. The van der Waals surface area contributed by atoms with Crippen molar-refractivity contribution in [3.63, 3.8) is 0 Å². The Kier molecular flexibility index (Phi) is 3.78. The highest BCUT2D eigenvalue weighted by Gasteiger charge is 2.42. The molecule has 0 atom stereocenters. The van der Waals surface area contributed by atoms with Gasteiger partial charge in [-0.25, -0.2) is 9.97 Å². The lowest BCUT2D eigenvalue weighted by Crippen LogP contribution is -2.64. The molecule has 0 unspecified atom stereocenters. The topological polar surface area (TPSA) is 35.5 Å². The molecule has 0 saturated carbocycles. The van der Waals surface area contributed by atoms with E-state index in [1.54, 1.807) is 11.3 Å². The smallest absolute Gasteiger partial charge is 0.141 e. The van der Waals surface area contributed by atoms with Crippen LogP contribution < -0.4 is 4.90 Å². The average molecular weight is 331 g/mol. The van der Waals surface area contributed by atoms with E-state index in [1.807, 2.05) is 6.92 Å². The average Bonchev–Trinajstić information content (AvgIpc) is 3.00. The quantitative estimate of drug-likeness (QED) is 0.801. The maximum absolute atomic E-state index is 4.81. The van der Waals surface area contributed by atoms with Crippen LogP contribution in [0.1, 0.15) is 18.7 Å². The highest BCUT2D eigenvalue weighted by atomic mass is 32.1. The number of likely N-dealkylation sites (tertiary alicyclic amines) is 1. The standard InChI is InChI=1S/C17H25N5S/c1-13-18-15(14-4-11-23-16(14)19-13)22-10-9-21(3)17(12-22)5-7-20(2)8-6-17/h4,11H,5-10,12H2,1-3H3. The third kappa shape index (κ3) is 2.62. The first-order valence-corrected chi connectivity index (χ1v) is 9.32. The van der Waals surface area contributed by atoms with Gasteiger partial charge in [-0.1, -0.05) is 0 Å². The van der Waals surface area contributed by atoms with E-state index in [0.717, 1.165) is 36.1 Å². The number of hydrogen-bond acceptors (Lipinski definition) is 6. The van der Waals surface area contributed by atoms with Gasteiger partial charge in [0.2, 0.25) is 0 Å². The van der Waals surface area contributed by atoms with Crippen LogP contribution >= 0.6 is 11.3 Å². The lowest BCUT2D eigenvalue weighted by atomic mass is 9.84. The summed E-state index contributed by atoms with van der Waals surface area (Å²) in [5, 5.41) is 3.34. The summed E-state index contributed by atoms with van der Waals surface area (Å²) in [5.74, 6) is 2.02. The molecular weight excluding hydrogens is 306 g/mol. The predicted octanol–water partition coefficient (Wildman–Crippen LogP) is 2.22. The monoisotopic (exact) mass is 331 g/mol. The third-order valence-corrected chi connectivity index (χ3v) is 6.44. The van der Waals surface area contributed by atoms with Crippen LogP contribution in [0.4, 0.5) is 5.82 Å². The molecule has 0 aliphatic carbocycles. The van der Waals surface area contributed by atoms with Crippen LogP contribution in [-0.4, -0.2) is 72.1 Å². The molecule has 1 spiro atoms. The first-order chi connectivity index (χ1) is 11.1. The molecule has 5 nitrogen and oxygen atoms in total. The zero-order chi connectivity index (χ0) is 16.0. The Bertz CT molecular complexity index is 704. The van der Waals surface area contributed by atoms with Crippen LogP contribution in [0.3, 0.4) is 0 Å². The maximum Gasteiger partial charge on any atom is 0.141 e. The largest absolute Gasteiger partial charge is 0.353 e. The molecule has 0 radical (unpaired) electrons. The van der Waals surface area contributed by atoms with Crippen molar-refractivity contribution in [2.45, 2.75) is 25.3 Å². The van der Waals surface area contributed by atoms with E-state index >= 15 is 0 Å². The lowest BCUT2D eigenvalue weighted by molar-refractivity contribution is 0.0384. The van der Waals surface area contributed by atoms with Gasteiger partial charge in [0.1, 0.15) is 16.5 Å². The van der Waals surface area contributed by atoms with Gasteiger partial charge in [-0.2, -0.15) is 0 Å². The fourth-order valence-electron chi connectivity index (χ4n) is 4.00. The van der Waals surface area contributed by atoms with E-state index in [2.05, 4.69) is 45.2 Å². The van der Waals surface area contributed by atoms with Crippen molar-refractivity contribution in [3.8, 4) is 0 Å². The minimum Gasteiger partial charge on any atom is -0.353 e. The van der Waals surface area contributed by atoms with Crippen LogP contribution in [0.25, 0.3) is 10.2 Å². The van der Waals surface area contributed by atoms with E-state index in [0.29, 0.717) is 5.54 Å². The van der Waals surface area contributed by atoms with Crippen molar-refractivity contribution < 1.29 is 0 Å². The Morgan fingerprint density at radius 3 is 2.65 bits per heavy atom. The Balaban J connectivity index is 1.68. The molecule has 0 aromatic carbocycles. The molecule has 2 aliphatic rings. The summed E-state index contributed by atoms with van der Waals surface area (Å²) in [5.41, 5.74) is 0.298. The predicted molar refractivity (Wildman–Crippen MR) is 96.5 cm³/mol. The second-order valence-corrected chi connectivity index (χ2v) is 8.00. The number of anilines is 1. The lowest BCUT2D eigenvalue weighted by Gasteiger charge is -2.53. The molecule has 4 heterocycles. The molecule has 2 aromatic heterocycles. The van der Waals surface area contributed by atoms with Gasteiger partial charge < -0.3 is 9.80 Å². The summed E-state index contributed by atoms with van der Waals surface area (Å²) in [4.78, 5) is 18.1. The minimum absolute atomic E-state index is 0.298. The summed E-state index contributed by atoms with van der Waals surface area (Å²) >= 11 is 1.71. The van der Waals surface area contributed by atoms with Gasteiger partial charge in [0.15, 0.2) is 0 Å². The van der Waals surface area contributed by atoms with Crippen LogP contribution in [0, 0.1) is 6.92 Å². The molecule has 124 valence electrons. The number of aryl methyl sites for hydroxylation is 1. The van der Waals surface area contributed by atoms with E-state index in [9.17, 15) is 0 Å². The zero-order valence-electron chi connectivity index (χ0n) is 14.2. The normalized spacial score (nSPS) is 23.0. The van der Waals surface area contributed by atoms with Crippen molar-refractivity contribution in [3.05, 3.63) is 17.3 Å². The molecule has 6 heteroatoms. The van der Waals surface area contributed by atoms with Crippen LogP contribution in [0.15, 0.2) is 11.4 Å². The molecule has 2 saturated heterocycles. The Labute approximate surface area is 141 Å². The van der Waals surface area contributed by atoms with Crippen molar-refractivity contribution in [1.29, 1.82) is 0 Å². The highest BCUT2D eigenvalue weighted by molar-refractivity contribution is 7.16.